The van der Waals surface area contributed by atoms with E-state index in [2.05, 4.69) is 26.1 Å². The first-order valence-corrected chi connectivity index (χ1v) is 5.72. The molecule has 0 aliphatic heterocycles. The lowest BCUT2D eigenvalue weighted by Gasteiger charge is -2.24. The minimum absolute atomic E-state index is 0.0216. The molecule has 0 saturated heterocycles. The van der Waals surface area contributed by atoms with E-state index < -0.39 is 0 Å². The van der Waals surface area contributed by atoms with Crippen LogP contribution in [0.3, 0.4) is 0 Å². The van der Waals surface area contributed by atoms with E-state index in [0.717, 1.165) is 22.6 Å². The molecule has 1 amide bonds. The molecule has 1 aromatic rings. The Morgan fingerprint density at radius 3 is 2.29 bits per heavy atom. The van der Waals surface area contributed by atoms with E-state index in [-0.39, 0.29) is 11.3 Å². The van der Waals surface area contributed by atoms with Crippen LogP contribution < -0.4 is 10.1 Å². The molecular weight excluding hydrogens is 214 g/mol. The Kier molecular flexibility index (Phi) is 3.81. The fraction of sp³-hybridized carbons (Fsp3) is 0.500. The number of benzene rings is 1. The highest BCUT2D eigenvalue weighted by atomic mass is 16.5. The van der Waals surface area contributed by atoms with Crippen LogP contribution in [0.25, 0.3) is 0 Å². The van der Waals surface area contributed by atoms with Gasteiger partial charge in [0.05, 0.1) is 7.11 Å². The third-order valence-electron chi connectivity index (χ3n) is 2.67. The summed E-state index contributed by atoms with van der Waals surface area (Å²) in [6, 6.07) is 3.96. The molecule has 1 rings (SSSR count). The fourth-order valence-corrected chi connectivity index (χ4v) is 1.76. The molecule has 0 bridgehead atoms. The number of hydrogen-bond donors (Lipinski definition) is 1. The highest BCUT2D eigenvalue weighted by Gasteiger charge is 2.20. The van der Waals surface area contributed by atoms with Gasteiger partial charge in [-0.05, 0) is 30.0 Å². The zero-order valence-corrected chi connectivity index (χ0v) is 11.5. The average molecular weight is 235 g/mol. The number of rotatable bonds is 2. The second-order valence-electron chi connectivity index (χ2n) is 5.30. The monoisotopic (exact) mass is 235 g/mol. The first-order chi connectivity index (χ1) is 7.75. The van der Waals surface area contributed by atoms with Crippen LogP contribution in [0, 0.1) is 6.92 Å². The number of anilines is 1. The molecule has 3 nitrogen and oxygen atoms in total. The number of hydrogen-bond acceptors (Lipinski definition) is 2. The summed E-state index contributed by atoms with van der Waals surface area (Å²) < 4.78 is 5.40. The van der Waals surface area contributed by atoms with Gasteiger partial charge in [-0.25, -0.2) is 0 Å². The molecule has 1 aromatic carbocycles. The smallest absolute Gasteiger partial charge is 0.221 e. The number of methoxy groups -OCH3 is 1. The highest BCUT2D eigenvalue weighted by Crippen LogP contribution is 2.35. The molecule has 0 saturated carbocycles. The second-order valence-corrected chi connectivity index (χ2v) is 5.30. The normalized spacial score (nSPS) is 11.2. The Hall–Kier alpha value is -1.51. The fourth-order valence-electron chi connectivity index (χ4n) is 1.76. The van der Waals surface area contributed by atoms with E-state index in [1.54, 1.807) is 7.11 Å². The summed E-state index contributed by atoms with van der Waals surface area (Å²) in [5.74, 6) is 0.808. The van der Waals surface area contributed by atoms with Gasteiger partial charge in [-0.15, -0.1) is 0 Å². The Morgan fingerprint density at radius 2 is 1.88 bits per heavy atom. The maximum absolute atomic E-state index is 11.1. The Bertz CT molecular complexity index is 431. The molecule has 0 atom stereocenters. The molecule has 94 valence electrons. The predicted octanol–water partition coefficient (Wildman–Crippen LogP) is 3.26. The van der Waals surface area contributed by atoms with Crippen LogP contribution in [0.5, 0.6) is 5.75 Å². The van der Waals surface area contributed by atoms with Gasteiger partial charge in [0.25, 0.3) is 0 Å². The standard InChI is InChI=1S/C14H21NO2/c1-9-7-13(17-6)11(14(3,4)5)8-12(9)15-10(2)16/h7-8H,1-6H3,(H,15,16). The van der Waals surface area contributed by atoms with Crippen LogP contribution in [0.2, 0.25) is 0 Å². The van der Waals surface area contributed by atoms with Gasteiger partial charge in [0.15, 0.2) is 0 Å². The number of ether oxygens (including phenoxy) is 1. The molecule has 0 spiro atoms. The molecule has 0 radical (unpaired) electrons. The number of carbonyl (C=O) groups excluding carboxylic acids is 1. The Morgan fingerprint density at radius 1 is 1.29 bits per heavy atom. The van der Waals surface area contributed by atoms with Gasteiger partial charge in [-0.2, -0.15) is 0 Å². The van der Waals surface area contributed by atoms with E-state index in [1.807, 2.05) is 19.1 Å². The van der Waals surface area contributed by atoms with Crippen LogP contribution in [0.15, 0.2) is 12.1 Å². The second kappa shape index (κ2) is 4.78. The van der Waals surface area contributed by atoms with Gasteiger partial charge in [-0.3, -0.25) is 4.79 Å². The molecule has 0 heterocycles. The number of amides is 1. The van der Waals surface area contributed by atoms with Crippen LogP contribution in [-0.4, -0.2) is 13.0 Å². The quantitative estimate of drug-likeness (QED) is 0.854. The Labute approximate surface area is 103 Å². The lowest BCUT2D eigenvalue weighted by Crippen LogP contribution is -2.15. The first-order valence-electron chi connectivity index (χ1n) is 5.72. The van der Waals surface area contributed by atoms with Crippen molar-refractivity contribution in [1.29, 1.82) is 0 Å². The Balaban J connectivity index is 3.32. The topological polar surface area (TPSA) is 38.3 Å². The van der Waals surface area contributed by atoms with Crippen molar-refractivity contribution in [2.75, 3.05) is 12.4 Å². The van der Waals surface area contributed by atoms with Crippen LogP contribution >= 0.6 is 0 Å². The SMILES string of the molecule is COc1cc(C)c(NC(C)=O)cc1C(C)(C)C. The predicted molar refractivity (Wildman–Crippen MR) is 70.7 cm³/mol. The van der Waals surface area contributed by atoms with E-state index in [4.69, 9.17) is 4.74 Å². The number of nitrogens with one attached hydrogen (secondary N) is 1. The third-order valence-corrected chi connectivity index (χ3v) is 2.67. The molecule has 17 heavy (non-hydrogen) atoms. The number of carbonyl (C=O) groups is 1. The van der Waals surface area contributed by atoms with Crippen molar-refractivity contribution in [2.24, 2.45) is 0 Å². The molecule has 0 unspecified atom stereocenters. The summed E-state index contributed by atoms with van der Waals surface area (Å²) in [7, 11) is 1.67. The van der Waals surface area contributed by atoms with Crippen LogP contribution in [-0.2, 0) is 10.2 Å². The molecule has 0 aromatic heterocycles. The van der Waals surface area contributed by atoms with E-state index in [9.17, 15) is 4.79 Å². The average Bonchev–Trinajstić information content (AvgIpc) is 2.18. The minimum Gasteiger partial charge on any atom is -0.496 e. The number of aryl methyl sites for hydroxylation is 1. The van der Waals surface area contributed by atoms with Crippen molar-refractivity contribution in [1.82, 2.24) is 0 Å². The zero-order valence-electron chi connectivity index (χ0n) is 11.5. The summed E-state index contributed by atoms with van der Waals surface area (Å²) >= 11 is 0. The van der Waals surface area contributed by atoms with Gasteiger partial charge in [0, 0.05) is 18.2 Å². The molecule has 0 fully saturated rings. The van der Waals surface area contributed by atoms with Gasteiger partial charge in [0.1, 0.15) is 5.75 Å². The van der Waals surface area contributed by atoms with Gasteiger partial charge in [0.2, 0.25) is 5.91 Å². The molecular formula is C14H21NO2. The van der Waals surface area contributed by atoms with Gasteiger partial charge >= 0.3 is 0 Å². The molecule has 1 N–H and O–H groups in total. The first kappa shape index (κ1) is 13.6. The van der Waals surface area contributed by atoms with Gasteiger partial charge in [-0.1, -0.05) is 20.8 Å². The van der Waals surface area contributed by atoms with E-state index in [1.165, 1.54) is 6.92 Å². The summed E-state index contributed by atoms with van der Waals surface area (Å²) in [4.78, 5) is 11.1. The molecule has 3 heteroatoms. The summed E-state index contributed by atoms with van der Waals surface area (Å²) in [6.07, 6.45) is 0. The lowest BCUT2D eigenvalue weighted by molar-refractivity contribution is -0.114. The summed E-state index contributed by atoms with van der Waals surface area (Å²) in [5, 5.41) is 2.84. The molecule has 0 aliphatic carbocycles. The molecule has 0 aliphatic rings. The maximum atomic E-state index is 11.1. The van der Waals surface area contributed by atoms with Crippen LogP contribution in [0.1, 0.15) is 38.8 Å². The lowest BCUT2D eigenvalue weighted by atomic mass is 9.85. The van der Waals surface area contributed by atoms with E-state index >= 15 is 0 Å². The van der Waals surface area contributed by atoms with Crippen molar-refractivity contribution < 1.29 is 9.53 Å². The van der Waals surface area contributed by atoms with Crippen molar-refractivity contribution in [3.63, 3.8) is 0 Å². The van der Waals surface area contributed by atoms with Gasteiger partial charge < -0.3 is 10.1 Å². The van der Waals surface area contributed by atoms with Crippen molar-refractivity contribution >= 4 is 11.6 Å². The maximum Gasteiger partial charge on any atom is 0.221 e. The highest BCUT2D eigenvalue weighted by molar-refractivity contribution is 5.89. The summed E-state index contributed by atoms with van der Waals surface area (Å²) in [5.41, 5.74) is 2.93. The van der Waals surface area contributed by atoms with Crippen LogP contribution in [0.4, 0.5) is 5.69 Å². The minimum atomic E-state index is -0.0573. The van der Waals surface area contributed by atoms with E-state index in [0.29, 0.717) is 0 Å². The zero-order chi connectivity index (χ0) is 13.2. The van der Waals surface area contributed by atoms with Crippen molar-refractivity contribution in [3.05, 3.63) is 23.3 Å². The van der Waals surface area contributed by atoms with Crippen molar-refractivity contribution in [3.8, 4) is 5.75 Å². The third kappa shape index (κ3) is 3.22. The summed E-state index contributed by atoms with van der Waals surface area (Å²) in [6.45, 7) is 9.84. The van der Waals surface area contributed by atoms with Crippen molar-refractivity contribution in [2.45, 2.75) is 40.0 Å². The largest absolute Gasteiger partial charge is 0.496 e.